The summed E-state index contributed by atoms with van der Waals surface area (Å²) in [5.74, 6) is 0.307. The first-order chi connectivity index (χ1) is 14.5. The number of hydrogen-bond acceptors (Lipinski definition) is 6. The number of nitrogens with zero attached hydrogens (tertiary/aromatic N) is 1. The van der Waals surface area contributed by atoms with Crippen LogP contribution in [0.25, 0.3) is 0 Å². The van der Waals surface area contributed by atoms with Crippen LogP contribution in [0.3, 0.4) is 0 Å². The molecule has 2 saturated carbocycles. The lowest BCUT2D eigenvalue weighted by Crippen LogP contribution is -2.40. The molecule has 3 aliphatic rings. The maximum atomic E-state index is 12.7. The SMILES string of the molecule is O=C(Nc1ccc2c(c1)OC1(CCCCC1)O2)c1ccc(NC2CC2)c([N+](=O)[O-])c1. The van der Waals surface area contributed by atoms with Gasteiger partial charge in [0.2, 0.25) is 0 Å². The van der Waals surface area contributed by atoms with Crippen LogP contribution in [-0.4, -0.2) is 22.7 Å². The van der Waals surface area contributed by atoms with Crippen LogP contribution in [0, 0.1) is 10.1 Å². The predicted octanol–water partition coefficient (Wildman–Crippen LogP) is 4.85. The molecule has 0 bridgehead atoms. The second kappa shape index (κ2) is 7.19. The fraction of sp³-hybridized carbons (Fsp3) is 0.409. The normalized spacial score (nSPS) is 18.8. The van der Waals surface area contributed by atoms with E-state index in [4.69, 9.17) is 9.47 Å². The molecule has 0 saturated heterocycles. The van der Waals surface area contributed by atoms with Crippen LogP contribution < -0.4 is 20.1 Å². The van der Waals surface area contributed by atoms with E-state index in [0.29, 0.717) is 22.9 Å². The minimum atomic E-state index is -0.575. The van der Waals surface area contributed by atoms with Crippen molar-refractivity contribution >= 4 is 23.0 Å². The molecule has 0 aromatic heterocycles. The van der Waals surface area contributed by atoms with Gasteiger partial charge in [0, 0.05) is 42.3 Å². The Kier molecular flexibility index (Phi) is 4.49. The summed E-state index contributed by atoms with van der Waals surface area (Å²) >= 11 is 0. The number of nitrogens with one attached hydrogen (secondary N) is 2. The van der Waals surface area contributed by atoms with Crippen LogP contribution in [0.5, 0.6) is 11.5 Å². The van der Waals surface area contributed by atoms with Crippen molar-refractivity contribution in [2.75, 3.05) is 10.6 Å². The maximum absolute atomic E-state index is 12.7. The van der Waals surface area contributed by atoms with Crippen LogP contribution in [0.2, 0.25) is 0 Å². The van der Waals surface area contributed by atoms with Crippen LogP contribution in [-0.2, 0) is 0 Å². The van der Waals surface area contributed by atoms with Crippen molar-refractivity contribution in [2.45, 2.75) is 56.8 Å². The van der Waals surface area contributed by atoms with E-state index in [1.165, 1.54) is 12.5 Å². The molecule has 2 aromatic carbocycles. The molecular weight excluding hydrogens is 386 g/mol. The molecule has 1 spiro atoms. The van der Waals surface area contributed by atoms with Gasteiger partial charge in [-0.25, -0.2) is 0 Å². The number of nitro groups is 1. The zero-order chi connectivity index (χ0) is 20.7. The molecule has 2 N–H and O–H groups in total. The topological polar surface area (TPSA) is 103 Å². The Bertz CT molecular complexity index is 1010. The molecule has 156 valence electrons. The lowest BCUT2D eigenvalue weighted by Gasteiger charge is -2.31. The molecule has 2 fully saturated rings. The maximum Gasteiger partial charge on any atom is 0.293 e. The summed E-state index contributed by atoms with van der Waals surface area (Å²) in [5.41, 5.74) is 1.13. The third-order valence-electron chi connectivity index (χ3n) is 5.80. The average molecular weight is 409 g/mol. The summed E-state index contributed by atoms with van der Waals surface area (Å²) in [7, 11) is 0. The van der Waals surface area contributed by atoms with E-state index in [0.717, 1.165) is 38.5 Å². The quantitative estimate of drug-likeness (QED) is 0.540. The van der Waals surface area contributed by atoms with Gasteiger partial charge in [0.15, 0.2) is 11.5 Å². The van der Waals surface area contributed by atoms with Crippen LogP contribution in [0.15, 0.2) is 36.4 Å². The van der Waals surface area contributed by atoms with Crippen molar-refractivity contribution in [1.29, 1.82) is 0 Å². The smallest absolute Gasteiger partial charge is 0.293 e. The Hall–Kier alpha value is -3.29. The fourth-order valence-corrected chi connectivity index (χ4v) is 4.06. The van der Waals surface area contributed by atoms with Gasteiger partial charge in [-0.1, -0.05) is 6.42 Å². The number of anilines is 2. The van der Waals surface area contributed by atoms with Crippen molar-refractivity contribution in [3.8, 4) is 11.5 Å². The monoisotopic (exact) mass is 409 g/mol. The van der Waals surface area contributed by atoms with Gasteiger partial charge in [0.05, 0.1) is 4.92 Å². The molecule has 1 aliphatic heterocycles. The van der Waals surface area contributed by atoms with E-state index in [2.05, 4.69) is 10.6 Å². The summed E-state index contributed by atoms with van der Waals surface area (Å²) in [6.07, 6.45) is 7.05. The standard InChI is InChI=1S/C22H23N3O5/c26-21(14-4-8-17(23-15-5-6-15)18(12-14)25(27)28)24-16-7-9-19-20(13-16)30-22(29-19)10-2-1-3-11-22/h4,7-9,12-13,15,23H,1-3,5-6,10-11H2,(H,24,26). The Morgan fingerprint density at radius 2 is 1.80 bits per heavy atom. The third kappa shape index (κ3) is 3.65. The van der Waals surface area contributed by atoms with Crippen LogP contribution >= 0.6 is 0 Å². The number of carbonyl (C=O) groups is 1. The van der Waals surface area contributed by atoms with E-state index in [1.807, 2.05) is 0 Å². The number of rotatable bonds is 5. The minimum Gasteiger partial charge on any atom is -0.448 e. The number of amides is 1. The molecule has 1 heterocycles. The Balaban J connectivity index is 1.32. The Labute approximate surface area is 173 Å². The summed E-state index contributed by atoms with van der Waals surface area (Å²) in [5, 5.41) is 17.4. The molecule has 2 aromatic rings. The number of nitro benzene ring substituents is 1. The van der Waals surface area contributed by atoms with Gasteiger partial charge in [-0.05, 0) is 49.9 Å². The highest BCUT2D eigenvalue weighted by Crippen LogP contribution is 2.46. The summed E-state index contributed by atoms with van der Waals surface area (Å²) in [6.45, 7) is 0. The highest BCUT2D eigenvalue weighted by atomic mass is 16.7. The number of hydrogen-bond donors (Lipinski definition) is 2. The molecule has 8 nitrogen and oxygen atoms in total. The molecule has 1 amide bonds. The van der Waals surface area contributed by atoms with Gasteiger partial charge < -0.3 is 20.1 Å². The van der Waals surface area contributed by atoms with Crippen LogP contribution in [0.1, 0.15) is 55.3 Å². The molecule has 2 aliphatic carbocycles. The van der Waals surface area contributed by atoms with E-state index in [9.17, 15) is 14.9 Å². The number of benzene rings is 2. The van der Waals surface area contributed by atoms with Crippen molar-refractivity contribution in [3.63, 3.8) is 0 Å². The number of fused-ring (bicyclic) bond motifs is 1. The molecule has 0 unspecified atom stereocenters. The molecule has 0 atom stereocenters. The molecular formula is C22H23N3O5. The summed E-state index contributed by atoms with van der Waals surface area (Å²) in [4.78, 5) is 23.7. The number of carbonyl (C=O) groups excluding carboxylic acids is 1. The second-order valence-corrected chi connectivity index (χ2v) is 8.20. The Morgan fingerprint density at radius 3 is 2.53 bits per heavy atom. The van der Waals surface area contributed by atoms with Gasteiger partial charge >= 0.3 is 0 Å². The molecule has 8 heteroatoms. The van der Waals surface area contributed by atoms with Crippen molar-refractivity contribution < 1.29 is 19.2 Å². The molecule has 30 heavy (non-hydrogen) atoms. The van der Waals surface area contributed by atoms with E-state index < -0.39 is 16.6 Å². The van der Waals surface area contributed by atoms with Crippen LogP contribution in [0.4, 0.5) is 17.1 Å². The van der Waals surface area contributed by atoms with E-state index >= 15 is 0 Å². The zero-order valence-electron chi connectivity index (χ0n) is 16.5. The van der Waals surface area contributed by atoms with Gasteiger partial charge in [0.1, 0.15) is 5.69 Å². The average Bonchev–Trinajstić information content (AvgIpc) is 3.48. The predicted molar refractivity (Wildman–Crippen MR) is 111 cm³/mol. The number of ether oxygens (including phenoxy) is 2. The molecule has 5 rings (SSSR count). The van der Waals surface area contributed by atoms with E-state index in [-0.39, 0.29) is 17.3 Å². The fourth-order valence-electron chi connectivity index (χ4n) is 4.06. The minimum absolute atomic E-state index is 0.0977. The summed E-state index contributed by atoms with van der Waals surface area (Å²) < 4.78 is 12.2. The van der Waals surface area contributed by atoms with Crippen molar-refractivity contribution in [3.05, 3.63) is 52.1 Å². The van der Waals surface area contributed by atoms with Gasteiger partial charge in [-0.3, -0.25) is 14.9 Å². The Morgan fingerprint density at radius 1 is 1.03 bits per heavy atom. The third-order valence-corrected chi connectivity index (χ3v) is 5.80. The first kappa shape index (κ1) is 18.7. The highest BCUT2D eigenvalue weighted by molar-refractivity contribution is 6.05. The van der Waals surface area contributed by atoms with E-state index in [1.54, 1.807) is 30.3 Å². The summed E-state index contributed by atoms with van der Waals surface area (Å²) in [6, 6.07) is 10.1. The lowest BCUT2D eigenvalue weighted by atomic mass is 9.94. The van der Waals surface area contributed by atoms with Gasteiger partial charge in [-0.15, -0.1) is 0 Å². The van der Waals surface area contributed by atoms with Gasteiger partial charge in [0.25, 0.3) is 17.4 Å². The first-order valence-electron chi connectivity index (χ1n) is 10.4. The second-order valence-electron chi connectivity index (χ2n) is 8.20. The first-order valence-corrected chi connectivity index (χ1v) is 10.4. The largest absolute Gasteiger partial charge is 0.448 e. The van der Waals surface area contributed by atoms with Crippen molar-refractivity contribution in [2.24, 2.45) is 0 Å². The van der Waals surface area contributed by atoms with Gasteiger partial charge in [-0.2, -0.15) is 0 Å². The molecule has 0 radical (unpaired) electrons. The lowest BCUT2D eigenvalue weighted by molar-refractivity contribution is -0.384. The highest BCUT2D eigenvalue weighted by Gasteiger charge is 2.42. The van der Waals surface area contributed by atoms with Crippen molar-refractivity contribution in [1.82, 2.24) is 0 Å². The zero-order valence-corrected chi connectivity index (χ0v) is 16.5.